The lowest BCUT2D eigenvalue weighted by atomic mass is 10.1. The zero-order valence-corrected chi connectivity index (χ0v) is 25.7. The molecule has 0 N–H and O–H groups in total. The summed E-state index contributed by atoms with van der Waals surface area (Å²) in [7, 11) is 2.60. The second-order valence-corrected chi connectivity index (χ2v) is 12.5. The van der Waals surface area contributed by atoms with Crippen LogP contribution < -0.4 is 20.7 Å². The number of nitrogens with zero attached hydrogens (tertiary/aromatic N) is 3. The minimum absolute atomic E-state index is 0.122. The van der Waals surface area contributed by atoms with E-state index in [-0.39, 0.29) is 46.9 Å². The van der Waals surface area contributed by atoms with Crippen molar-refractivity contribution in [3.05, 3.63) is 80.3 Å². The van der Waals surface area contributed by atoms with Crippen LogP contribution in [0.2, 0.25) is 0 Å². The summed E-state index contributed by atoms with van der Waals surface area (Å²) in [6.45, 7) is 5.43. The van der Waals surface area contributed by atoms with E-state index in [9.17, 15) is 23.2 Å². The van der Waals surface area contributed by atoms with Gasteiger partial charge in [0.05, 0.1) is 26.3 Å². The number of amides is 1. The van der Waals surface area contributed by atoms with Crippen LogP contribution in [0.1, 0.15) is 45.2 Å². The molecule has 0 atom stereocenters. The molecule has 234 valence electrons. The van der Waals surface area contributed by atoms with Crippen molar-refractivity contribution in [2.24, 2.45) is 0 Å². The lowest BCUT2D eigenvalue weighted by Crippen LogP contribution is -2.47. The number of carbonyl (C=O) groups excluding carboxylic acids is 1. The fourth-order valence-electron chi connectivity index (χ4n) is 5.30. The third-order valence-corrected chi connectivity index (χ3v) is 8.58. The summed E-state index contributed by atoms with van der Waals surface area (Å²) < 4.78 is 61.9. The molecular weight excluding hydrogens is 599 g/mol. The van der Waals surface area contributed by atoms with Crippen molar-refractivity contribution in [2.45, 2.75) is 51.8 Å². The molecule has 1 aliphatic rings. The Balaban J connectivity index is 1.62. The molecular formula is C31H32F3N3O6S. The molecule has 0 radical (unpaired) electrons. The average Bonchev–Trinajstić information content (AvgIpc) is 3.42. The first-order valence-electron chi connectivity index (χ1n) is 13.9. The zero-order valence-electron chi connectivity index (χ0n) is 24.9. The minimum Gasteiger partial charge on any atom is -0.496 e. The number of rotatable bonds is 6. The number of benzene rings is 2. The predicted molar refractivity (Wildman–Crippen MR) is 160 cm³/mol. The maximum absolute atomic E-state index is 15.1. The Labute approximate surface area is 255 Å². The summed E-state index contributed by atoms with van der Waals surface area (Å²) in [6, 6.07) is 7.58. The second-order valence-electron chi connectivity index (χ2n) is 11.5. The molecule has 9 nitrogen and oxygen atoms in total. The summed E-state index contributed by atoms with van der Waals surface area (Å²) in [6.07, 6.45) is 0.120. The molecule has 2 aromatic carbocycles. The molecule has 0 saturated carbocycles. The van der Waals surface area contributed by atoms with Crippen LogP contribution in [0.3, 0.4) is 0 Å². The fraction of sp³-hybridized carbons (Fsp3) is 0.387. The zero-order chi connectivity index (χ0) is 31.9. The predicted octanol–water partition coefficient (Wildman–Crippen LogP) is 5.95. The number of piperidine rings is 1. The summed E-state index contributed by atoms with van der Waals surface area (Å²) in [5.74, 6) is -2.95. The molecule has 0 aliphatic carbocycles. The van der Waals surface area contributed by atoms with Gasteiger partial charge in [0, 0.05) is 41.2 Å². The van der Waals surface area contributed by atoms with E-state index in [1.807, 2.05) is 0 Å². The third kappa shape index (κ3) is 5.92. The molecule has 1 amide bonds. The standard InChI is InChI=1S/C31H32F3N3O6S/c1-31(2,3)43-30(40)35-12-10-19(11-13-35)37-28(38)27-21(15-24(44-27)20-8-7-18(32)14-23(20)42-5)36(29(37)39)16-17-6-9-22(41-4)26(34)25(17)33/h6-9,14-15,19H,10-13,16H2,1-5H3. The van der Waals surface area contributed by atoms with E-state index < -0.39 is 46.4 Å². The lowest BCUT2D eigenvalue weighted by Gasteiger charge is -2.34. The number of aromatic nitrogens is 2. The first-order chi connectivity index (χ1) is 20.8. The molecule has 3 heterocycles. The molecule has 0 unspecified atom stereocenters. The highest BCUT2D eigenvalue weighted by molar-refractivity contribution is 7.22. The normalized spacial score (nSPS) is 14.2. The summed E-state index contributed by atoms with van der Waals surface area (Å²) in [5, 5.41) is 0. The van der Waals surface area contributed by atoms with Crippen LogP contribution >= 0.6 is 11.3 Å². The Hall–Kier alpha value is -4.26. The monoisotopic (exact) mass is 631 g/mol. The maximum Gasteiger partial charge on any atom is 0.410 e. The van der Waals surface area contributed by atoms with Gasteiger partial charge in [-0.3, -0.25) is 13.9 Å². The highest BCUT2D eigenvalue weighted by Gasteiger charge is 2.31. The van der Waals surface area contributed by atoms with Gasteiger partial charge in [-0.15, -0.1) is 11.3 Å². The number of hydrogen-bond donors (Lipinski definition) is 0. The van der Waals surface area contributed by atoms with Gasteiger partial charge in [-0.05, 0) is 57.9 Å². The molecule has 1 aliphatic heterocycles. The van der Waals surface area contributed by atoms with Crippen LogP contribution in [0.5, 0.6) is 11.5 Å². The van der Waals surface area contributed by atoms with Crippen molar-refractivity contribution in [3.63, 3.8) is 0 Å². The van der Waals surface area contributed by atoms with Crippen LogP contribution in [0.15, 0.2) is 46.0 Å². The van der Waals surface area contributed by atoms with Crippen molar-refractivity contribution < 1.29 is 32.2 Å². The molecule has 2 aromatic heterocycles. The number of hydrogen-bond acceptors (Lipinski definition) is 7. The second kappa shape index (κ2) is 12.0. The Bertz CT molecular complexity index is 1850. The van der Waals surface area contributed by atoms with E-state index in [1.54, 1.807) is 26.8 Å². The largest absolute Gasteiger partial charge is 0.496 e. The topological polar surface area (TPSA) is 92.0 Å². The fourth-order valence-corrected chi connectivity index (χ4v) is 6.42. The first-order valence-corrected chi connectivity index (χ1v) is 14.8. The number of ether oxygens (including phenoxy) is 3. The van der Waals surface area contributed by atoms with Crippen molar-refractivity contribution in [1.82, 2.24) is 14.0 Å². The molecule has 1 saturated heterocycles. The van der Waals surface area contributed by atoms with Crippen LogP contribution in [-0.2, 0) is 11.3 Å². The maximum atomic E-state index is 15.1. The van der Waals surface area contributed by atoms with Crippen LogP contribution in [0, 0.1) is 17.5 Å². The average molecular weight is 632 g/mol. The van der Waals surface area contributed by atoms with Gasteiger partial charge in [-0.25, -0.2) is 18.4 Å². The number of methoxy groups -OCH3 is 2. The van der Waals surface area contributed by atoms with Gasteiger partial charge in [-0.1, -0.05) is 6.07 Å². The summed E-state index contributed by atoms with van der Waals surface area (Å²) in [5.41, 5.74) is -1.34. The molecule has 4 aromatic rings. The Morgan fingerprint density at radius 1 is 0.955 bits per heavy atom. The Morgan fingerprint density at radius 3 is 2.27 bits per heavy atom. The molecule has 44 heavy (non-hydrogen) atoms. The smallest absolute Gasteiger partial charge is 0.410 e. The highest BCUT2D eigenvalue weighted by Crippen LogP contribution is 2.38. The number of thiophene rings is 1. The molecule has 5 rings (SSSR count). The van der Waals surface area contributed by atoms with Crippen LogP contribution in [0.25, 0.3) is 20.7 Å². The van der Waals surface area contributed by atoms with Gasteiger partial charge in [0.25, 0.3) is 5.56 Å². The van der Waals surface area contributed by atoms with Crippen molar-refractivity contribution >= 4 is 27.6 Å². The SMILES string of the molecule is COc1cc(F)ccc1-c1cc2c(s1)c(=O)n(C1CCN(C(=O)OC(C)(C)C)CC1)c(=O)n2Cc1ccc(OC)c(F)c1F. The van der Waals surface area contributed by atoms with Crippen molar-refractivity contribution in [1.29, 1.82) is 0 Å². The third-order valence-electron chi connectivity index (χ3n) is 7.44. The Morgan fingerprint density at radius 2 is 1.64 bits per heavy atom. The van der Waals surface area contributed by atoms with Gasteiger partial charge in [0.2, 0.25) is 5.82 Å². The Kier molecular flexibility index (Phi) is 8.52. The number of likely N-dealkylation sites (tertiary alicyclic amines) is 1. The van der Waals surface area contributed by atoms with Gasteiger partial charge in [-0.2, -0.15) is 4.39 Å². The summed E-state index contributed by atoms with van der Waals surface area (Å²) >= 11 is 1.08. The van der Waals surface area contributed by atoms with Gasteiger partial charge in [0.1, 0.15) is 21.9 Å². The molecule has 13 heteroatoms. The molecule has 0 spiro atoms. The van der Waals surface area contributed by atoms with E-state index in [1.165, 1.54) is 54.0 Å². The highest BCUT2D eigenvalue weighted by atomic mass is 32.1. The van der Waals surface area contributed by atoms with Crippen molar-refractivity contribution in [3.8, 4) is 21.9 Å². The van der Waals surface area contributed by atoms with E-state index in [0.717, 1.165) is 15.9 Å². The van der Waals surface area contributed by atoms with Gasteiger partial charge >= 0.3 is 11.8 Å². The van der Waals surface area contributed by atoms with E-state index in [4.69, 9.17) is 14.2 Å². The number of fused-ring (bicyclic) bond motifs is 1. The first kappa shape index (κ1) is 31.2. The lowest BCUT2D eigenvalue weighted by molar-refractivity contribution is 0.0186. The van der Waals surface area contributed by atoms with Crippen LogP contribution in [0.4, 0.5) is 18.0 Å². The van der Waals surface area contributed by atoms with Crippen LogP contribution in [-0.4, -0.2) is 53.0 Å². The molecule has 1 fully saturated rings. The molecule has 0 bridgehead atoms. The van der Waals surface area contributed by atoms with Crippen molar-refractivity contribution in [2.75, 3.05) is 27.3 Å². The summed E-state index contributed by atoms with van der Waals surface area (Å²) in [4.78, 5) is 42.6. The van der Waals surface area contributed by atoms with Gasteiger partial charge in [0.15, 0.2) is 11.6 Å². The number of carbonyl (C=O) groups is 1. The number of halogens is 3. The van der Waals surface area contributed by atoms with E-state index in [2.05, 4.69) is 0 Å². The quantitative estimate of drug-likeness (QED) is 0.261. The van der Waals surface area contributed by atoms with Gasteiger partial charge < -0.3 is 19.1 Å². The van der Waals surface area contributed by atoms with E-state index in [0.29, 0.717) is 23.3 Å². The van der Waals surface area contributed by atoms with E-state index >= 15 is 4.39 Å². The minimum atomic E-state index is -1.20.